The van der Waals surface area contributed by atoms with Gasteiger partial charge in [-0.2, -0.15) is 0 Å². The van der Waals surface area contributed by atoms with E-state index in [1.54, 1.807) is 22.4 Å². The number of hydrogen-bond acceptors (Lipinski definition) is 8. The van der Waals surface area contributed by atoms with Crippen LogP contribution in [0, 0.1) is 11.7 Å². The third-order valence-corrected chi connectivity index (χ3v) is 13.0. The van der Waals surface area contributed by atoms with Gasteiger partial charge in [-0.15, -0.1) is 0 Å². The van der Waals surface area contributed by atoms with E-state index in [2.05, 4.69) is 60.2 Å². The molecule has 6 heterocycles. The predicted molar refractivity (Wildman–Crippen MR) is 219 cm³/mol. The quantitative estimate of drug-likeness (QED) is 0.190. The molecular formula is C43H52FN9O3. The number of imide groups is 1. The maximum atomic E-state index is 14.5. The number of benzene rings is 3. The molecule has 2 atom stereocenters. The summed E-state index contributed by atoms with van der Waals surface area (Å²) >= 11 is 0. The number of nitrogens with two attached hydrogens (primary N) is 1. The number of imidazole rings is 1. The zero-order chi connectivity index (χ0) is 38.5. The Morgan fingerprint density at radius 2 is 1.61 bits per heavy atom. The van der Waals surface area contributed by atoms with E-state index >= 15 is 0 Å². The number of aromatic amines is 1. The van der Waals surface area contributed by atoms with Crippen LogP contribution in [-0.2, 0) is 23.2 Å². The Labute approximate surface area is 326 Å². The molecule has 4 N–H and O–H groups in total. The van der Waals surface area contributed by atoms with Gasteiger partial charge in [0.2, 0.25) is 11.8 Å². The normalized spacial score (nSPS) is 22.0. The van der Waals surface area contributed by atoms with Gasteiger partial charge in [0.25, 0.3) is 0 Å². The minimum atomic E-state index is -0.678. The maximum absolute atomic E-state index is 14.5. The fraction of sp³-hybridized carbons (Fsp3) is 0.465. The highest BCUT2D eigenvalue weighted by atomic mass is 19.1. The van der Waals surface area contributed by atoms with Crippen molar-refractivity contribution in [3.05, 3.63) is 88.2 Å². The Balaban J connectivity index is 0.760. The Kier molecular flexibility index (Phi) is 9.82. The number of carbonyl (C=O) groups excluding carboxylic acids is 2. The van der Waals surface area contributed by atoms with Gasteiger partial charge in [-0.3, -0.25) is 28.9 Å². The van der Waals surface area contributed by atoms with Crippen LogP contribution in [0.15, 0.2) is 65.6 Å². The zero-order valence-electron chi connectivity index (χ0n) is 32.2. The number of para-hydroxylation sites is 1. The third kappa shape index (κ3) is 6.85. The molecule has 56 heavy (non-hydrogen) atoms. The first kappa shape index (κ1) is 36.5. The first-order valence-electron chi connectivity index (χ1n) is 20.3. The van der Waals surface area contributed by atoms with Gasteiger partial charge < -0.3 is 25.4 Å². The molecule has 13 heteroatoms. The summed E-state index contributed by atoms with van der Waals surface area (Å²) in [5.74, 6) is 0.135. The first-order valence-corrected chi connectivity index (χ1v) is 20.3. The Hall–Kier alpha value is -5.14. The minimum Gasteiger partial charge on any atom is -0.397 e. The summed E-state index contributed by atoms with van der Waals surface area (Å²) in [6.07, 6.45) is 6.86. The van der Waals surface area contributed by atoms with Crippen molar-refractivity contribution in [1.29, 1.82) is 0 Å². The minimum absolute atomic E-state index is 0.226. The van der Waals surface area contributed by atoms with Crippen molar-refractivity contribution in [1.82, 2.24) is 29.2 Å². The summed E-state index contributed by atoms with van der Waals surface area (Å²) in [6.45, 7) is 9.86. The van der Waals surface area contributed by atoms with Crippen molar-refractivity contribution in [3.63, 3.8) is 0 Å². The van der Waals surface area contributed by atoms with Crippen LogP contribution in [0.5, 0.6) is 0 Å². The van der Waals surface area contributed by atoms with Crippen molar-refractivity contribution in [2.45, 2.75) is 57.0 Å². The number of fused-ring (bicyclic) bond motifs is 2. The molecular weight excluding hydrogens is 710 g/mol. The van der Waals surface area contributed by atoms with Gasteiger partial charge in [0.05, 0.1) is 33.3 Å². The van der Waals surface area contributed by atoms with E-state index in [-0.39, 0.29) is 23.8 Å². The zero-order valence-corrected chi connectivity index (χ0v) is 32.2. The lowest BCUT2D eigenvalue weighted by Crippen LogP contribution is -2.48. The SMILES string of the molecule is Cn1c(=O)n(C2CCC(=O)NC2=O)c2cccc(CN3CCN(CC4CCN(c5ccc([C@@H]6CCCN(c7ccc(F)c8c(N)c[nH]c78)C6)cc5)CC4)CC3)c21. The van der Waals surface area contributed by atoms with Crippen LogP contribution in [0.4, 0.5) is 21.5 Å². The molecule has 1 unspecified atom stereocenters. The number of amides is 2. The fourth-order valence-corrected chi connectivity index (χ4v) is 9.89. The summed E-state index contributed by atoms with van der Waals surface area (Å²) in [7, 11) is 1.77. The van der Waals surface area contributed by atoms with Crippen LogP contribution in [-0.4, -0.2) is 94.6 Å². The topological polar surface area (TPSA) is 128 Å². The second-order valence-electron chi connectivity index (χ2n) is 16.4. The molecule has 0 saturated carbocycles. The van der Waals surface area contributed by atoms with E-state index in [1.165, 1.54) is 30.2 Å². The van der Waals surface area contributed by atoms with E-state index < -0.39 is 11.9 Å². The number of halogens is 1. The largest absolute Gasteiger partial charge is 0.397 e. The average molecular weight is 762 g/mol. The molecule has 0 aliphatic carbocycles. The molecule has 3 aromatic carbocycles. The molecule has 4 fully saturated rings. The molecule has 12 nitrogen and oxygen atoms in total. The van der Waals surface area contributed by atoms with Crippen LogP contribution in [0.25, 0.3) is 21.9 Å². The molecule has 0 bridgehead atoms. The molecule has 2 aromatic heterocycles. The summed E-state index contributed by atoms with van der Waals surface area (Å²) in [6, 6.07) is 17.9. The smallest absolute Gasteiger partial charge is 0.329 e. The van der Waals surface area contributed by atoms with E-state index in [0.717, 1.165) is 106 Å². The summed E-state index contributed by atoms with van der Waals surface area (Å²) in [5.41, 5.74) is 13.4. The Morgan fingerprint density at radius 1 is 0.839 bits per heavy atom. The van der Waals surface area contributed by atoms with Gasteiger partial charge in [-0.05, 0) is 79.5 Å². The van der Waals surface area contributed by atoms with Crippen LogP contribution in [0.1, 0.15) is 61.6 Å². The highest BCUT2D eigenvalue weighted by molar-refractivity contribution is 6.00. The molecule has 5 aromatic rings. The molecule has 294 valence electrons. The fourth-order valence-electron chi connectivity index (χ4n) is 9.89. The van der Waals surface area contributed by atoms with E-state index in [1.807, 2.05) is 18.2 Å². The van der Waals surface area contributed by atoms with Crippen molar-refractivity contribution in [3.8, 4) is 0 Å². The van der Waals surface area contributed by atoms with Crippen LogP contribution >= 0.6 is 0 Å². The molecule has 4 aliphatic rings. The van der Waals surface area contributed by atoms with Crippen LogP contribution in [0.2, 0.25) is 0 Å². The summed E-state index contributed by atoms with van der Waals surface area (Å²) < 4.78 is 17.8. The van der Waals surface area contributed by atoms with Gasteiger partial charge in [0.15, 0.2) is 0 Å². The van der Waals surface area contributed by atoms with Gasteiger partial charge in [-0.1, -0.05) is 24.3 Å². The Morgan fingerprint density at radius 3 is 2.38 bits per heavy atom. The standard InChI is InChI=1S/C43H52FN9O3/c1-48-41-31(4-2-6-36(41)53(43(48)56)37-13-14-38(54)47-42(37)55)26-50-22-20-49(21-23-50)25-28-15-18-51(19-16-28)32-9-7-29(8-10-32)30-5-3-17-52(27-30)35-12-11-33(44)39-34(45)24-46-40(35)39/h2,4,6-12,24,28,30,37,46H,3,5,13-23,25-27,45H2,1H3,(H,47,54,55)/t30-,37?/m1/s1. The molecule has 0 spiro atoms. The van der Waals surface area contributed by atoms with E-state index in [0.29, 0.717) is 29.3 Å². The van der Waals surface area contributed by atoms with Crippen molar-refractivity contribution in [2.75, 3.05) is 74.4 Å². The Bertz CT molecular complexity index is 2310. The summed E-state index contributed by atoms with van der Waals surface area (Å²) in [4.78, 5) is 51.0. The van der Waals surface area contributed by atoms with Gasteiger partial charge in [-0.25, -0.2) is 9.18 Å². The summed E-state index contributed by atoms with van der Waals surface area (Å²) in [5, 5.41) is 2.89. The number of hydrogen-bond donors (Lipinski definition) is 3. The second-order valence-corrected chi connectivity index (χ2v) is 16.4. The number of piperidine rings is 3. The number of aryl methyl sites for hydroxylation is 1. The monoisotopic (exact) mass is 761 g/mol. The number of rotatable bonds is 8. The molecule has 9 rings (SSSR count). The van der Waals surface area contributed by atoms with Crippen molar-refractivity contribution >= 4 is 50.8 Å². The lowest BCUT2D eigenvalue weighted by Gasteiger charge is -2.39. The lowest BCUT2D eigenvalue weighted by molar-refractivity contribution is -0.135. The highest BCUT2D eigenvalue weighted by Crippen LogP contribution is 2.37. The van der Waals surface area contributed by atoms with E-state index in [4.69, 9.17) is 5.73 Å². The van der Waals surface area contributed by atoms with Crippen molar-refractivity contribution < 1.29 is 14.0 Å². The molecule has 2 amide bonds. The number of carbonyl (C=O) groups is 2. The van der Waals surface area contributed by atoms with Gasteiger partial charge in [0.1, 0.15) is 11.9 Å². The number of nitrogen functional groups attached to an aromatic ring is 1. The highest BCUT2D eigenvalue weighted by Gasteiger charge is 2.32. The third-order valence-electron chi connectivity index (χ3n) is 13.0. The first-order chi connectivity index (χ1) is 27.2. The number of H-pyrrole nitrogens is 1. The lowest BCUT2D eigenvalue weighted by atomic mass is 9.89. The maximum Gasteiger partial charge on any atom is 0.329 e. The second kappa shape index (κ2) is 15.1. The number of nitrogens with zero attached hydrogens (tertiary/aromatic N) is 6. The number of nitrogens with one attached hydrogen (secondary N) is 2. The van der Waals surface area contributed by atoms with Crippen LogP contribution < -0.4 is 26.5 Å². The van der Waals surface area contributed by atoms with Crippen molar-refractivity contribution in [2.24, 2.45) is 13.0 Å². The predicted octanol–water partition coefficient (Wildman–Crippen LogP) is 4.94. The van der Waals surface area contributed by atoms with E-state index in [9.17, 15) is 18.8 Å². The van der Waals surface area contributed by atoms with Gasteiger partial charge in [0, 0.05) is 96.7 Å². The number of piperazine rings is 1. The molecule has 4 saturated heterocycles. The molecule has 4 aliphatic heterocycles. The van der Waals surface area contributed by atoms with Gasteiger partial charge >= 0.3 is 5.69 Å². The average Bonchev–Trinajstić information content (AvgIpc) is 3.73. The number of aromatic nitrogens is 3. The molecule has 0 radical (unpaired) electrons. The van der Waals surface area contributed by atoms with Crippen LogP contribution in [0.3, 0.4) is 0 Å². The number of anilines is 3.